The highest BCUT2D eigenvalue weighted by Crippen LogP contribution is 2.24. The second kappa shape index (κ2) is 19.1. The zero-order valence-corrected chi connectivity index (χ0v) is 29.7. The molecule has 3 rings (SSSR count). The SMILES string of the molecule is C/C=C(/C=C/N(CCCC)C(=N)C(Cc1ccc(Oc2ccc(C(O)O)cc2)cc1)NC(=O)c1ccc(N(C)C)cc1)C(\Cl)=C/C(C)Cl. The molecule has 4 N–H and O–H groups in total. The van der Waals surface area contributed by atoms with Crippen LogP contribution in [0.25, 0.3) is 0 Å². The Bertz CT molecular complexity index is 1570. The van der Waals surface area contributed by atoms with Crippen LogP contribution in [0.2, 0.25) is 0 Å². The Morgan fingerprint density at radius 3 is 2.12 bits per heavy atom. The fraction of sp³-hybridized carbons (Fsp3) is 0.316. The minimum atomic E-state index is -1.55. The van der Waals surface area contributed by atoms with Crippen LogP contribution in [-0.2, 0) is 6.42 Å². The van der Waals surface area contributed by atoms with E-state index in [1.165, 1.54) is 0 Å². The van der Waals surface area contributed by atoms with Crippen LogP contribution in [0.4, 0.5) is 5.69 Å². The summed E-state index contributed by atoms with van der Waals surface area (Å²) in [5.74, 6) is 1.11. The number of nitrogens with one attached hydrogen (secondary N) is 2. The summed E-state index contributed by atoms with van der Waals surface area (Å²) in [5, 5.41) is 31.4. The molecule has 2 unspecified atom stereocenters. The molecule has 0 spiro atoms. The maximum Gasteiger partial charge on any atom is 0.251 e. The Balaban J connectivity index is 1.89. The molecular weight excluding hydrogens is 647 g/mol. The smallest absolute Gasteiger partial charge is 0.251 e. The highest BCUT2D eigenvalue weighted by Gasteiger charge is 2.23. The maximum atomic E-state index is 13.5. The number of nitrogens with zero attached hydrogens (tertiary/aromatic N) is 2. The summed E-state index contributed by atoms with van der Waals surface area (Å²) in [6.07, 6.45) is 7.94. The van der Waals surface area contributed by atoms with Crippen LogP contribution in [0.5, 0.6) is 11.5 Å². The molecule has 0 aliphatic carbocycles. The minimum Gasteiger partial charge on any atom is -0.457 e. The number of anilines is 1. The molecule has 0 radical (unpaired) electrons. The summed E-state index contributed by atoms with van der Waals surface area (Å²) < 4.78 is 5.94. The van der Waals surface area contributed by atoms with Crippen LogP contribution in [-0.4, -0.2) is 58.9 Å². The molecule has 10 heteroatoms. The lowest BCUT2D eigenvalue weighted by Gasteiger charge is -2.28. The molecule has 3 aromatic rings. The first kappa shape index (κ1) is 38.4. The fourth-order valence-electron chi connectivity index (χ4n) is 4.73. The summed E-state index contributed by atoms with van der Waals surface area (Å²) in [7, 11) is 3.88. The maximum absolute atomic E-state index is 13.5. The van der Waals surface area contributed by atoms with Gasteiger partial charge < -0.3 is 30.1 Å². The number of aliphatic hydroxyl groups excluding tert-OH is 1. The van der Waals surface area contributed by atoms with Gasteiger partial charge in [-0.15, -0.1) is 11.6 Å². The number of ether oxygens (including phenoxy) is 1. The van der Waals surface area contributed by atoms with Crippen LogP contribution in [0.3, 0.4) is 0 Å². The Morgan fingerprint density at radius 1 is 1.00 bits per heavy atom. The summed E-state index contributed by atoms with van der Waals surface area (Å²) in [6.45, 7) is 6.41. The van der Waals surface area contributed by atoms with E-state index in [1.807, 2.05) is 92.5 Å². The molecule has 0 fully saturated rings. The third-order valence-corrected chi connectivity index (χ3v) is 7.99. The Hall–Kier alpha value is -4.08. The summed E-state index contributed by atoms with van der Waals surface area (Å²) in [6, 6.07) is 20.6. The number of carbonyl (C=O) groups is 1. The van der Waals surface area contributed by atoms with Gasteiger partial charge in [0.1, 0.15) is 17.3 Å². The van der Waals surface area contributed by atoms with Gasteiger partial charge in [-0.05, 0) is 98.5 Å². The van der Waals surface area contributed by atoms with Crippen molar-refractivity contribution in [1.82, 2.24) is 10.2 Å². The van der Waals surface area contributed by atoms with Crippen LogP contribution in [0.1, 0.15) is 61.4 Å². The molecule has 256 valence electrons. The van der Waals surface area contributed by atoms with Crippen LogP contribution < -0.4 is 15.0 Å². The average Bonchev–Trinajstić information content (AvgIpc) is 3.06. The second-order valence-corrected chi connectivity index (χ2v) is 12.6. The molecule has 0 aliphatic rings. The number of halogens is 2. The highest BCUT2D eigenvalue weighted by molar-refractivity contribution is 6.33. The third-order valence-electron chi connectivity index (χ3n) is 7.52. The monoisotopic (exact) mass is 692 g/mol. The van der Waals surface area contributed by atoms with E-state index in [0.29, 0.717) is 40.6 Å². The van der Waals surface area contributed by atoms with Gasteiger partial charge in [0.2, 0.25) is 0 Å². The molecule has 0 bridgehead atoms. The van der Waals surface area contributed by atoms with E-state index >= 15 is 0 Å². The molecule has 2 atom stereocenters. The molecule has 0 saturated carbocycles. The van der Waals surface area contributed by atoms with Crippen molar-refractivity contribution >= 4 is 40.6 Å². The van der Waals surface area contributed by atoms with Gasteiger partial charge in [0.15, 0.2) is 6.29 Å². The van der Waals surface area contributed by atoms with E-state index in [4.69, 9.17) is 27.9 Å². The first-order valence-corrected chi connectivity index (χ1v) is 16.8. The van der Waals surface area contributed by atoms with Gasteiger partial charge in [0, 0.05) is 48.7 Å². The van der Waals surface area contributed by atoms with Gasteiger partial charge in [-0.1, -0.05) is 55.3 Å². The number of carbonyl (C=O) groups excluding carboxylic acids is 1. The van der Waals surface area contributed by atoms with E-state index in [0.717, 1.165) is 29.7 Å². The van der Waals surface area contributed by atoms with Crippen molar-refractivity contribution in [3.63, 3.8) is 0 Å². The molecule has 0 aliphatic heterocycles. The molecule has 48 heavy (non-hydrogen) atoms. The number of rotatable bonds is 16. The largest absolute Gasteiger partial charge is 0.457 e. The number of aliphatic hydroxyl groups is 2. The predicted octanol–water partition coefficient (Wildman–Crippen LogP) is 8.16. The van der Waals surface area contributed by atoms with Gasteiger partial charge in [0.25, 0.3) is 5.91 Å². The van der Waals surface area contributed by atoms with E-state index in [-0.39, 0.29) is 17.1 Å². The normalized spacial score (nSPS) is 13.4. The molecule has 3 aromatic carbocycles. The Morgan fingerprint density at radius 2 is 1.60 bits per heavy atom. The van der Waals surface area contributed by atoms with E-state index in [2.05, 4.69) is 12.2 Å². The van der Waals surface area contributed by atoms with Crippen molar-refractivity contribution in [3.05, 3.63) is 125 Å². The standard InChI is InChI=1S/C38H46Cl2N4O4/c1-6-8-22-44(23-21-28(7-2)34(40)24-26(3)39)36(41)35(42-37(45)29-11-15-31(16-12-29)43(4)5)25-27-9-17-32(18-10-27)48-33-19-13-30(14-20-33)38(46)47/h7,9-21,23-24,26,35,38,41,46-47H,6,8,22,25H2,1-5H3,(H,42,45)/b23-21+,28-7-,34-24+,41-36?. The average molecular weight is 694 g/mol. The van der Waals surface area contributed by atoms with Gasteiger partial charge in [-0.2, -0.15) is 0 Å². The van der Waals surface area contributed by atoms with E-state index < -0.39 is 12.3 Å². The zero-order valence-electron chi connectivity index (χ0n) is 28.2. The highest BCUT2D eigenvalue weighted by atomic mass is 35.5. The van der Waals surface area contributed by atoms with Crippen molar-refractivity contribution in [2.45, 2.75) is 57.7 Å². The Labute approximate surface area is 294 Å². The van der Waals surface area contributed by atoms with Crippen LogP contribution in [0, 0.1) is 5.41 Å². The number of allylic oxidation sites excluding steroid dienone is 5. The van der Waals surface area contributed by atoms with Gasteiger partial charge in [0.05, 0.1) is 11.4 Å². The Kier molecular flexibility index (Phi) is 15.2. The predicted molar refractivity (Wildman–Crippen MR) is 197 cm³/mol. The summed E-state index contributed by atoms with van der Waals surface area (Å²) in [5.41, 5.74) is 3.52. The number of benzene rings is 3. The molecule has 8 nitrogen and oxygen atoms in total. The first-order chi connectivity index (χ1) is 22.9. The molecule has 0 aromatic heterocycles. The minimum absolute atomic E-state index is 0.237. The van der Waals surface area contributed by atoms with Gasteiger partial charge in [-0.3, -0.25) is 10.2 Å². The second-order valence-electron chi connectivity index (χ2n) is 11.5. The number of amidine groups is 1. The fourth-order valence-corrected chi connectivity index (χ4v) is 5.28. The van der Waals surface area contributed by atoms with Gasteiger partial charge in [-0.25, -0.2) is 0 Å². The number of alkyl halides is 1. The first-order valence-electron chi connectivity index (χ1n) is 15.9. The molecule has 1 amide bonds. The van der Waals surface area contributed by atoms with Crippen molar-refractivity contribution in [1.29, 1.82) is 5.41 Å². The van der Waals surface area contributed by atoms with Crippen LogP contribution in [0.15, 0.2) is 108 Å². The number of hydrogen-bond donors (Lipinski definition) is 4. The van der Waals surface area contributed by atoms with Gasteiger partial charge >= 0.3 is 0 Å². The lowest BCUT2D eigenvalue weighted by Crippen LogP contribution is -2.48. The number of hydrogen-bond acceptors (Lipinski definition) is 6. The third kappa shape index (κ3) is 11.9. The molecule has 0 heterocycles. The van der Waals surface area contributed by atoms with Crippen molar-refractivity contribution < 1.29 is 19.7 Å². The number of unbranched alkanes of at least 4 members (excludes halogenated alkanes) is 1. The van der Waals surface area contributed by atoms with Crippen molar-refractivity contribution in [2.75, 3.05) is 25.5 Å². The molecule has 0 saturated heterocycles. The zero-order chi connectivity index (χ0) is 35.2. The molecular formula is C38H46Cl2N4O4. The quantitative estimate of drug-likeness (QED) is 0.0397. The van der Waals surface area contributed by atoms with Crippen LogP contribution >= 0.6 is 23.2 Å². The summed E-state index contributed by atoms with van der Waals surface area (Å²) >= 11 is 12.7. The lowest BCUT2D eigenvalue weighted by molar-refractivity contribution is -0.0425. The van der Waals surface area contributed by atoms with E-state index in [1.54, 1.807) is 42.5 Å². The topological polar surface area (TPSA) is 109 Å². The van der Waals surface area contributed by atoms with E-state index in [9.17, 15) is 20.4 Å². The van der Waals surface area contributed by atoms with Crippen molar-refractivity contribution in [3.8, 4) is 11.5 Å². The number of amides is 1. The lowest BCUT2D eigenvalue weighted by atomic mass is 10.0. The summed E-state index contributed by atoms with van der Waals surface area (Å²) in [4.78, 5) is 17.4. The van der Waals surface area contributed by atoms with Crippen molar-refractivity contribution in [2.24, 2.45) is 0 Å².